The van der Waals surface area contributed by atoms with Crippen LogP contribution in [0.15, 0.2) is 0 Å². The number of rotatable bonds is 12. The molecule has 0 aliphatic heterocycles. The molecule has 2 atom stereocenters. The summed E-state index contributed by atoms with van der Waals surface area (Å²) in [5.74, 6) is -4.07. The van der Waals surface area contributed by atoms with E-state index in [1.54, 1.807) is 0 Å². The number of aliphatic carboxylic acids is 2. The summed E-state index contributed by atoms with van der Waals surface area (Å²) in [6, 6.07) is 0. The van der Waals surface area contributed by atoms with E-state index in [0.717, 1.165) is 0 Å². The fraction of sp³-hybridized carbons (Fsp3) is 0.818. The molecule has 0 aromatic heterocycles. The number of hydrogen-bond donors (Lipinski definition) is 2. The maximum Gasteiger partial charge on any atom is 0.316 e. The Morgan fingerprint density at radius 1 is 0.636 bits per heavy atom. The molecule has 2 unspecified atom stereocenters. The van der Waals surface area contributed by atoms with Gasteiger partial charge in [-0.3, -0.25) is 19.2 Å². The Kier molecular flexibility index (Phi) is 11.2. The summed E-state index contributed by atoms with van der Waals surface area (Å²) in [7, 11) is -4.74. The molecule has 0 rings (SSSR count). The van der Waals surface area contributed by atoms with Crippen molar-refractivity contribution in [3.05, 3.63) is 0 Å². The van der Waals surface area contributed by atoms with Gasteiger partial charge < -0.3 is 23.8 Å². The van der Waals surface area contributed by atoms with Gasteiger partial charge in [-0.1, -0.05) is 41.5 Å². The second kappa shape index (κ2) is 11.7. The highest BCUT2D eigenvalue weighted by atomic mass is 28.4. The van der Waals surface area contributed by atoms with E-state index in [-0.39, 0.29) is 10.1 Å². The quantitative estimate of drug-likeness (QED) is 0.221. The molecule has 0 saturated heterocycles. The van der Waals surface area contributed by atoms with Crippen LogP contribution in [-0.2, 0) is 32.8 Å². The van der Waals surface area contributed by atoms with E-state index in [4.69, 9.17) is 13.6 Å². The van der Waals surface area contributed by atoms with E-state index in [0.29, 0.717) is 0 Å². The van der Waals surface area contributed by atoms with Crippen molar-refractivity contribution in [2.45, 2.75) is 116 Å². The van der Waals surface area contributed by atoms with Crippen molar-refractivity contribution < 1.29 is 43.0 Å². The first kappa shape index (κ1) is 31.4. The van der Waals surface area contributed by atoms with Crippen LogP contribution < -0.4 is 0 Å². The minimum Gasteiger partial charge on any atom is -0.481 e. The molecule has 0 saturated carbocycles. The van der Waals surface area contributed by atoms with Gasteiger partial charge in [0.15, 0.2) is 16.6 Å². The first-order valence-electron chi connectivity index (χ1n) is 11.1. The van der Waals surface area contributed by atoms with Gasteiger partial charge in [-0.05, 0) is 36.3 Å². The topological polar surface area (TPSA) is 136 Å². The second-order valence-electron chi connectivity index (χ2n) is 11.5. The first-order chi connectivity index (χ1) is 14.6. The van der Waals surface area contributed by atoms with Gasteiger partial charge in [0.05, 0.1) is 37.9 Å². The number of carbonyl (C=O) groups is 4. The molecule has 0 aromatic rings. The maximum absolute atomic E-state index is 12.4. The van der Waals surface area contributed by atoms with Gasteiger partial charge in [0.25, 0.3) is 0 Å². The average Bonchev–Trinajstić information content (AvgIpc) is 2.49. The minimum atomic E-state index is -2.37. The Bertz CT molecular complexity index is 658. The van der Waals surface area contributed by atoms with E-state index < -0.39 is 78.4 Å². The van der Waals surface area contributed by atoms with Gasteiger partial charge >= 0.3 is 23.9 Å². The van der Waals surface area contributed by atoms with Crippen molar-refractivity contribution in [2.75, 3.05) is 0 Å². The van der Waals surface area contributed by atoms with Gasteiger partial charge in [0.1, 0.15) is 0 Å². The lowest BCUT2D eigenvalue weighted by atomic mass is 10.2. The molecular formula is C22H42O9Si2. The SMILES string of the molecule is CC(C)(C)[Si](C)(C)OC(CC(=O)O)CC(=O)OC(=O)CC(CC(=O)O)O[Si](C)(C)C(C)(C)C. The molecule has 33 heavy (non-hydrogen) atoms. The standard InChI is InChI=1S/C22H42O9Si2/c1-21(2,3)32(7,8)30-15(11-17(23)24)13-19(27)29-20(28)14-16(12-18(25)26)31-33(9,10)22(4,5)6/h15-16H,11-14H2,1-10H3,(H,23,24)(H,25,26). The maximum atomic E-state index is 12.4. The number of ether oxygens (including phenoxy) is 1. The van der Waals surface area contributed by atoms with E-state index >= 15 is 0 Å². The minimum absolute atomic E-state index is 0.200. The van der Waals surface area contributed by atoms with Gasteiger partial charge in [-0.2, -0.15) is 0 Å². The summed E-state index contributed by atoms with van der Waals surface area (Å²) in [6.07, 6.45) is -3.43. The van der Waals surface area contributed by atoms with Crippen LogP contribution in [0.25, 0.3) is 0 Å². The highest BCUT2D eigenvalue weighted by Crippen LogP contribution is 2.39. The third-order valence-corrected chi connectivity index (χ3v) is 15.4. The molecule has 9 nitrogen and oxygen atoms in total. The Hall–Kier alpha value is -1.57. The van der Waals surface area contributed by atoms with Crippen molar-refractivity contribution in [1.29, 1.82) is 0 Å². The zero-order valence-corrected chi connectivity index (χ0v) is 23.7. The van der Waals surface area contributed by atoms with Gasteiger partial charge in [-0.25, -0.2) is 0 Å². The van der Waals surface area contributed by atoms with Crippen molar-refractivity contribution in [3.8, 4) is 0 Å². The number of carbonyl (C=O) groups excluding carboxylic acids is 2. The van der Waals surface area contributed by atoms with E-state index in [1.807, 2.05) is 67.7 Å². The predicted molar refractivity (Wildman–Crippen MR) is 129 cm³/mol. The molecule has 192 valence electrons. The van der Waals surface area contributed by atoms with Gasteiger partial charge in [0, 0.05) is 0 Å². The lowest BCUT2D eigenvalue weighted by Gasteiger charge is -2.39. The van der Waals surface area contributed by atoms with E-state index in [1.165, 1.54) is 0 Å². The lowest BCUT2D eigenvalue weighted by molar-refractivity contribution is -0.162. The fourth-order valence-electron chi connectivity index (χ4n) is 2.47. The van der Waals surface area contributed by atoms with Crippen LogP contribution in [-0.4, -0.2) is 62.9 Å². The van der Waals surface area contributed by atoms with Gasteiger partial charge in [-0.15, -0.1) is 0 Å². The van der Waals surface area contributed by atoms with Crippen LogP contribution in [0, 0.1) is 0 Å². The molecule has 0 fully saturated rings. The van der Waals surface area contributed by atoms with Crippen LogP contribution in [0.5, 0.6) is 0 Å². The Morgan fingerprint density at radius 3 is 1.12 bits per heavy atom. The Balaban J connectivity index is 5.26. The summed E-state index contributed by atoms with van der Waals surface area (Å²) < 4.78 is 17.0. The van der Waals surface area contributed by atoms with Crippen LogP contribution in [0.4, 0.5) is 0 Å². The lowest BCUT2D eigenvalue weighted by Crippen LogP contribution is -2.45. The van der Waals surface area contributed by atoms with Crippen LogP contribution in [0.3, 0.4) is 0 Å². The second-order valence-corrected chi connectivity index (χ2v) is 21.0. The molecule has 0 heterocycles. The van der Waals surface area contributed by atoms with Crippen molar-refractivity contribution >= 4 is 40.5 Å². The number of esters is 2. The molecule has 2 N–H and O–H groups in total. The summed E-state index contributed by atoms with van der Waals surface area (Å²) in [5, 5.41) is 18.0. The number of carboxylic acid groups (broad SMARTS) is 2. The van der Waals surface area contributed by atoms with Crippen LogP contribution in [0.1, 0.15) is 67.2 Å². The molecule has 0 amide bonds. The largest absolute Gasteiger partial charge is 0.481 e. The van der Waals surface area contributed by atoms with Crippen molar-refractivity contribution in [2.24, 2.45) is 0 Å². The number of hydrogen-bond acceptors (Lipinski definition) is 7. The third kappa shape index (κ3) is 11.4. The molecule has 0 aliphatic carbocycles. The Labute approximate surface area is 199 Å². The van der Waals surface area contributed by atoms with Crippen molar-refractivity contribution in [3.63, 3.8) is 0 Å². The fourth-order valence-corrected chi connectivity index (χ4v) is 5.18. The number of carboxylic acids is 2. The van der Waals surface area contributed by atoms with Crippen LogP contribution >= 0.6 is 0 Å². The predicted octanol–water partition coefficient (Wildman–Crippen LogP) is 4.57. The average molecular weight is 507 g/mol. The van der Waals surface area contributed by atoms with Crippen LogP contribution in [0.2, 0.25) is 36.3 Å². The zero-order valence-electron chi connectivity index (χ0n) is 21.7. The Morgan fingerprint density at radius 2 is 0.909 bits per heavy atom. The first-order valence-corrected chi connectivity index (χ1v) is 16.9. The monoisotopic (exact) mass is 506 g/mol. The normalized spacial score (nSPS) is 15.0. The van der Waals surface area contributed by atoms with E-state index in [2.05, 4.69) is 0 Å². The molecule has 0 radical (unpaired) electrons. The van der Waals surface area contributed by atoms with Gasteiger partial charge in [0.2, 0.25) is 0 Å². The van der Waals surface area contributed by atoms with E-state index in [9.17, 15) is 29.4 Å². The molecule has 0 bridgehead atoms. The molecular weight excluding hydrogens is 464 g/mol. The smallest absolute Gasteiger partial charge is 0.316 e. The third-order valence-electron chi connectivity index (χ3n) is 6.36. The summed E-state index contributed by atoms with van der Waals surface area (Å²) in [4.78, 5) is 47.3. The summed E-state index contributed by atoms with van der Waals surface area (Å²) in [6.45, 7) is 19.7. The van der Waals surface area contributed by atoms with Crippen molar-refractivity contribution in [1.82, 2.24) is 0 Å². The summed E-state index contributed by atoms with van der Waals surface area (Å²) >= 11 is 0. The molecule has 11 heteroatoms. The molecule has 0 aromatic carbocycles. The highest BCUT2D eigenvalue weighted by molar-refractivity contribution is 6.74. The summed E-state index contributed by atoms with van der Waals surface area (Å²) in [5.41, 5.74) is 0. The zero-order chi connectivity index (χ0) is 26.4. The molecule has 0 spiro atoms. The molecule has 0 aliphatic rings. The highest BCUT2D eigenvalue weighted by Gasteiger charge is 2.41.